The summed E-state index contributed by atoms with van der Waals surface area (Å²) in [6.07, 6.45) is 6.65. The van der Waals surface area contributed by atoms with Crippen LogP contribution in [0.3, 0.4) is 0 Å². The smallest absolute Gasteiger partial charge is 0.509 e. The number of hydrogen-bond acceptors (Lipinski definition) is 3. The fourth-order valence-electron chi connectivity index (χ4n) is 6.99. The van der Waals surface area contributed by atoms with Crippen LogP contribution in [0.25, 0.3) is 33.3 Å². The van der Waals surface area contributed by atoms with Gasteiger partial charge in [0.25, 0.3) is 0 Å². The standard InChI is InChI=1S/C39H38N4O.Pt/c1-24(2)29-19-20-40-37(21-29)42-35-16-8-7-15-33(35)34-18-17-32(23-36(34)42)44-31-14-10-13-30(22-31)43-28(6)39(27(5)41-43)38-25(3)11-9-12-26(38)4;/h7-8,10-11,13-21,24,26,38H,9,12H2,1-6H3;/q-2;+2/t26-,38?;/m0./s1. The Kier molecular flexibility index (Phi) is 8.59. The van der Waals surface area contributed by atoms with Crippen LogP contribution in [0.15, 0.2) is 84.6 Å². The number of nitrogens with zero attached hydrogens (tertiary/aromatic N) is 4. The van der Waals surface area contributed by atoms with E-state index in [0.717, 1.165) is 51.1 Å². The molecule has 0 N–H and O–H groups in total. The summed E-state index contributed by atoms with van der Waals surface area (Å²) in [5.41, 5.74) is 9.17. The summed E-state index contributed by atoms with van der Waals surface area (Å²) in [5, 5.41) is 7.26. The van der Waals surface area contributed by atoms with Crippen molar-refractivity contribution in [3.05, 3.63) is 119 Å². The molecule has 45 heavy (non-hydrogen) atoms. The number of pyridine rings is 1. The summed E-state index contributed by atoms with van der Waals surface area (Å²) < 4.78 is 10.6. The third-order valence-electron chi connectivity index (χ3n) is 9.23. The normalized spacial score (nSPS) is 16.6. The van der Waals surface area contributed by atoms with Crippen LogP contribution in [0, 0.1) is 31.9 Å². The Morgan fingerprint density at radius 1 is 0.911 bits per heavy atom. The number of rotatable bonds is 6. The Bertz CT molecular complexity index is 2050. The van der Waals surface area contributed by atoms with Gasteiger partial charge in [-0.3, -0.25) is 4.68 Å². The van der Waals surface area contributed by atoms with Gasteiger partial charge in [-0.2, -0.15) is 17.2 Å². The molecule has 0 spiro atoms. The topological polar surface area (TPSA) is 44.9 Å². The van der Waals surface area contributed by atoms with Gasteiger partial charge in [-0.15, -0.1) is 35.7 Å². The van der Waals surface area contributed by atoms with Crippen molar-refractivity contribution in [2.75, 3.05) is 0 Å². The average Bonchev–Trinajstić information content (AvgIpc) is 3.50. The van der Waals surface area contributed by atoms with Crippen LogP contribution in [0.1, 0.15) is 74.9 Å². The number of ether oxygens (including phenoxy) is 1. The van der Waals surface area contributed by atoms with E-state index in [0.29, 0.717) is 29.3 Å². The molecule has 0 saturated heterocycles. The second-order valence-corrected chi connectivity index (χ2v) is 12.5. The van der Waals surface area contributed by atoms with Gasteiger partial charge in [-0.25, -0.2) is 4.98 Å². The first-order valence-electron chi connectivity index (χ1n) is 15.6. The van der Waals surface area contributed by atoms with E-state index in [1.165, 1.54) is 23.1 Å². The van der Waals surface area contributed by atoms with Gasteiger partial charge in [-0.05, 0) is 80.3 Å². The predicted molar refractivity (Wildman–Crippen MR) is 178 cm³/mol. The van der Waals surface area contributed by atoms with Crippen molar-refractivity contribution in [2.45, 2.75) is 66.2 Å². The first-order chi connectivity index (χ1) is 21.3. The maximum absolute atomic E-state index is 6.43. The molecule has 0 aliphatic heterocycles. The van der Waals surface area contributed by atoms with Crippen LogP contribution in [0.4, 0.5) is 0 Å². The summed E-state index contributed by atoms with van der Waals surface area (Å²) >= 11 is 0. The van der Waals surface area contributed by atoms with Crippen LogP contribution in [0.5, 0.6) is 11.5 Å². The molecule has 0 fully saturated rings. The molecule has 230 valence electrons. The molecule has 0 saturated carbocycles. The first-order valence-corrected chi connectivity index (χ1v) is 15.6. The summed E-state index contributed by atoms with van der Waals surface area (Å²) in [4.78, 5) is 4.77. The van der Waals surface area contributed by atoms with Crippen LogP contribution >= 0.6 is 0 Å². The monoisotopic (exact) mass is 773 g/mol. The Balaban J connectivity index is 0.00000357. The fourth-order valence-corrected chi connectivity index (χ4v) is 6.99. The second kappa shape index (κ2) is 12.4. The van der Waals surface area contributed by atoms with Crippen molar-refractivity contribution in [1.82, 2.24) is 19.3 Å². The SMILES string of the molecule is CC1=CCC[C@H](C)C1c1c(C)nn(-c2[c-]c(Oc3[c-]c4c(cc3)c3ccccc3n4-c3cc(C(C)C)ccn3)ccc2)c1C.[Pt+2]. The summed E-state index contributed by atoms with van der Waals surface area (Å²) in [7, 11) is 0. The molecule has 7 rings (SSSR count). The molecule has 2 atom stereocenters. The number of allylic oxidation sites excluding steroid dienone is 2. The van der Waals surface area contributed by atoms with E-state index in [2.05, 4.69) is 107 Å². The molecule has 3 heterocycles. The van der Waals surface area contributed by atoms with Crippen molar-refractivity contribution in [3.63, 3.8) is 0 Å². The van der Waals surface area contributed by atoms with Gasteiger partial charge >= 0.3 is 21.1 Å². The van der Waals surface area contributed by atoms with Gasteiger partial charge in [0.2, 0.25) is 0 Å². The minimum Gasteiger partial charge on any atom is -0.509 e. The molecular weight excluding hydrogens is 736 g/mol. The average molecular weight is 774 g/mol. The van der Waals surface area contributed by atoms with Crippen LogP contribution in [0.2, 0.25) is 0 Å². The number of aryl methyl sites for hydroxylation is 1. The van der Waals surface area contributed by atoms with E-state index in [-0.39, 0.29) is 21.1 Å². The molecular formula is C39H38N4OPt. The second-order valence-electron chi connectivity index (χ2n) is 12.5. The van der Waals surface area contributed by atoms with Gasteiger partial charge in [0.05, 0.1) is 5.69 Å². The quantitative estimate of drug-likeness (QED) is 0.125. The van der Waals surface area contributed by atoms with Crippen molar-refractivity contribution in [3.8, 4) is 23.0 Å². The number of para-hydroxylation sites is 1. The van der Waals surface area contributed by atoms with E-state index in [9.17, 15) is 0 Å². The zero-order valence-electron chi connectivity index (χ0n) is 26.7. The zero-order chi connectivity index (χ0) is 30.5. The Hall–Kier alpha value is -3.95. The molecule has 5 nitrogen and oxygen atoms in total. The molecule has 1 aliphatic carbocycles. The Labute approximate surface area is 280 Å². The van der Waals surface area contributed by atoms with E-state index < -0.39 is 0 Å². The molecule has 1 unspecified atom stereocenters. The van der Waals surface area contributed by atoms with E-state index in [1.807, 2.05) is 35.1 Å². The molecule has 0 amide bonds. The largest absolute Gasteiger partial charge is 2.00 e. The molecule has 6 heteroatoms. The van der Waals surface area contributed by atoms with Gasteiger partial charge < -0.3 is 9.30 Å². The molecule has 6 aromatic rings. The van der Waals surface area contributed by atoms with Crippen LogP contribution in [-0.2, 0) is 21.1 Å². The molecule has 0 bridgehead atoms. The van der Waals surface area contributed by atoms with Gasteiger partial charge in [-0.1, -0.05) is 56.1 Å². The maximum atomic E-state index is 6.43. The van der Waals surface area contributed by atoms with Crippen LogP contribution < -0.4 is 4.74 Å². The summed E-state index contributed by atoms with van der Waals surface area (Å²) in [5.74, 6) is 3.53. The van der Waals surface area contributed by atoms with Crippen molar-refractivity contribution < 1.29 is 25.8 Å². The van der Waals surface area contributed by atoms with E-state index >= 15 is 0 Å². The first kappa shape index (κ1) is 31.0. The van der Waals surface area contributed by atoms with Crippen molar-refractivity contribution in [1.29, 1.82) is 0 Å². The van der Waals surface area contributed by atoms with E-state index in [1.54, 1.807) is 0 Å². The molecule has 3 aromatic carbocycles. The molecule has 1 aliphatic rings. The molecule has 0 radical (unpaired) electrons. The summed E-state index contributed by atoms with van der Waals surface area (Å²) in [6, 6.07) is 29.8. The minimum atomic E-state index is 0. The van der Waals surface area contributed by atoms with Gasteiger partial charge in [0.15, 0.2) is 0 Å². The Morgan fingerprint density at radius 3 is 2.51 bits per heavy atom. The fraction of sp³-hybridized carbons (Fsp3) is 0.282. The third kappa shape index (κ3) is 5.57. The van der Waals surface area contributed by atoms with Crippen molar-refractivity contribution >= 4 is 21.8 Å². The summed E-state index contributed by atoms with van der Waals surface area (Å²) in [6.45, 7) is 13.3. The maximum Gasteiger partial charge on any atom is 2.00 e. The van der Waals surface area contributed by atoms with Crippen LogP contribution in [-0.4, -0.2) is 19.3 Å². The van der Waals surface area contributed by atoms with E-state index in [4.69, 9.17) is 14.8 Å². The number of hydrogen-bond donors (Lipinski definition) is 0. The number of aromatic nitrogens is 4. The molecule has 3 aromatic heterocycles. The Morgan fingerprint density at radius 2 is 1.71 bits per heavy atom. The third-order valence-corrected chi connectivity index (χ3v) is 9.23. The number of benzene rings is 3. The number of fused-ring (bicyclic) bond motifs is 3. The van der Waals surface area contributed by atoms with Crippen molar-refractivity contribution in [2.24, 2.45) is 5.92 Å². The minimum absolute atomic E-state index is 0. The predicted octanol–water partition coefficient (Wildman–Crippen LogP) is 9.95. The van der Waals surface area contributed by atoms with Gasteiger partial charge in [0, 0.05) is 40.4 Å². The van der Waals surface area contributed by atoms with Gasteiger partial charge in [0.1, 0.15) is 5.82 Å². The zero-order valence-corrected chi connectivity index (χ0v) is 28.9.